The third kappa shape index (κ3) is 5.08. The van der Waals surface area contributed by atoms with Crippen LogP contribution in [0, 0.1) is 12.7 Å². The standard InChI is InChI=1S/C28H33ClFN5O/c1-21-22(20-32-11-13-34(14-12-32)26-6-4-3-5-25(26)29)19-27(31(21)2)28(36)35-17-15-33(16-18-35)24-9-7-23(30)8-10-24/h3-10,19H,11-18,20H2,1-2H3. The van der Waals surface area contributed by atoms with Gasteiger partial charge in [-0.1, -0.05) is 23.7 Å². The molecule has 3 aromatic rings. The highest BCUT2D eigenvalue weighted by Gasteiger charge is 2.26. The molecule has 36 heavy (non-hydrogen) atoms. The third-order valence-corrected chi connectivity index (χ3v) is 7.90. The topological polar surface area (TPSA) is 35.0 Å². The number of anilines is 2. The monoisotopic (exact) mass is 509 g/mol. The first-order valence-corrected chi connectivity index (χ1v) is 13.0. The van der Waals surface area contributed by atoms with Crippen LogP contribution in [0.1, 0.15) is 21.7 Å². The Balaban J connectivity index is 1.19. The molecule has 2 fully saturated rings. The molecule has 0 radical (unpaired) electrons. The molecule has 0 spiro atoms. The quantitative estimate of drug-likeness (QED) is 0.510. The number of piperazine rings is 2. The number of aromatic nitrogens is 1. The van der Waals surface area contributed by atoms with Gasteiger partial charge in [0, 0.05) is 77.3 Å². The van der Waals surface area contributed by atoms with E-state index in [-0.39, 0.29) is 11.7 Å². The van der Waals surface area contributed by atoms with Crippen molar-refractivity contribution >= 4 is 28.9 Å². The van der Waals surface area contributed by atoms with Crippen LogP contribution >= 0.6 is 11.6 Å². The molecule has 1 amide bonds. The Morgan fingerprint density at radius 1 is 0.889 bits per heavy atom. The Morgan fingerprint density at radius 2 is 1.53 bits per heavy atom. The van der Waals surface area contributed by atoms with E-state index in [1.807, 2.05) is 34.7 Å². The Morgan fingerprint density at radius 3 is 2.19 bits per heavy atom. The van der Waals surface area contributed by atoms with Crippen molar-refractivity contribution in [3.8, 4) is 0 Å². The van der Waals surface area contributed by atoms with Gasteiger partial charge in [0.1, 0.15) is 11.5 Å². The predicted octanol–water partition coefficient (Wildman–Crippen LogP) is 4.41. The SMILES string of the molecule is Cc1c(CN2CCN(c3ccccc3Cl)CC2)cc(C(=O)N2CCN(c3ccc(F)cc3)CC2)n1C. The van der Waals surface area contributed by atoms with Gasteiger partial charge in [-0.05, 0) is 55.0 Å². The average molecular weight is 510 g/mol. The molecule has 0 atom stereocenters. The summed E-state index contributed by atoms with van der Waals surface area (Å²) in [5.74, 6) is -0.154. The van der Waals surface area contributed by atoms with Gasteiger partial charge < -0.3 is 19.3 Å². The van der Waals surface area contributed by atoms with Gasteiger partial charge in [-0.2, -0.15) is 0 Å². The summed E-state index contributed by atoms with van der Waals surface area (Å²) in [6, 6.07) is 16.7. The minimum absolute atomic E-state index is 0.0779. The van der Waals surface area contributed by atoms with Gasteiger partial charge >= 0.3 is 0 Å². The first-order valence-electron chi connectivity index (χ1n) is 12.6. The Hall–Kier alpha value is -3.03. The number of halogens is 2. The summed E-state index contributed by atoms with van der Waals surface area (Å²) in [6.45, 7) is 9.48. The molecule has 0 saturated carbocycles. The molecule has 8 heteroatoms. The lowest BCUT2D eigenvalue weighted by Gasteiger charge is -2.36. The fourth-order valence-corrected chi connectivity index (χ4v) is 5.46. The highest BCUT2D eigenvalue weighted by Crippen LogP contribution is 2.27. The van der Waals surface area contributed by atoms with E-state index in [0.717, 1.165) is 73.6 Å². The Labute approximate surface area is 217 Å². The van der Waals surface area contributed by atoms with Gasteiger partial charge in [0.2, 0.25) is 0 Å². The molecule has 2 aromatic carbocycles. The summed E-state index contributed by atoms with van der Waals surface area (Å²) in [5, 5.41) is 0.798. The van der Waals surface area contributed by atoms with E-state index in [1.54, 1.807) is 12.1 Å². The highest BCUT2D eigenvalue weighted by molar-refractivity contribution is 6.33. The lowest BCUT2D eigenvalue weighted by Crippen LogP contribution is -2.49. The van der Waals surface area contributed by atoms with Crippen LogP contribution < -0.4 is 9.80 Å². The summed E-state index contributed by atoms with van der Waals surface area (Å²) in [5.41, 5.74) is 5.18. The normalized spacial score (nSPS) is 17.1. The van der Waals surface area contributed by atoms with Gasteiger partial charge in [0.15, 0.2) is 0 Å². The first-order chi connectivity index (χ1) is 17.4. The van der Waals surface area contributed by atoms with Crippen LogP contribution in [0.4, 0.5) is 15.8 Å². The molecule has 190 valence electrons. The molecule has 0 aliphatic carbocycles. The second-order valence-electron chi connectivity index (χ2n) is 9.67. The van der Waals surface area contributed by atoms with Crippen molar-refractivity contribution in [2.24, 2.45) is 7.05 Å². The number of nitrogens with zero attached hydrogens (tertiary/aromatic N) is 5. The van der Waals surface area contributed by atoms with Crippen molar-refractivity contribution < 1.29 is 9.18 Å². The van der Waals surface area contributed by atoms with Gasteiger partial charge in [0.05, 0.1) is 10.7 Å². The second-order valence-corrected chi connectivity index (χ2v) is 10.1. The molecule has 6 nitrogen and oxygen atoms in total. The van der Waals surface area contributed by atoms with Crippen molar-refractivity contribution in [1.29, 1.82) is 0 Å². The molecule has 2 aliphatic rings. The minimum atomic E-state index is -0.232. The van der Waals surface area contributed by atoms with Crippen LogP contribution in [-0.2, 0) is 13.6 Å². The maximum absolute atomic E-state index is 13.4. The van der Waals surface area contributed by atoms with Gasteiger partial charge in [-0.3, -0.25) is 9.69 Å². The lowest BCUT2D eigenvalue weighted by atomic mass is 10.2. The van der Waals surface area contributed by atoms with Crippen molar-refractivity contribution in [2.45, 2.75) is 13.5 Å². The predicted molar refractivity (Wildman–Crippen MR) is 144 cm³/mol. The fraction of sp³-hybridized carbons (Fsp3) is 0.393. The zero-order chi connectivity index (χ0) is 25.2. The molecular formula is C28H33ClFN5O. The highest BCUT2D eigenvalue weighted by atomic mass is 35.5. The van der Waals surface area contributed by atoms with E-state index in [4.69, 9.17) is 11.6 Å². The van der Waals surface area contributed by atoms with Crippen LogP contribution in [0.5, 0.6) is 0 Å². The number of para-hydroxylation sites is 1. The van der Waals surface area contributed by atoms with Crippen molar-refractivity contribution in [3.63, 3.8) is 0 Å². The van der Waals surface area contributed by atoms with Crippen molar-refractivity contribution in [2.75, 3.05) is 62.2 Å². The zero-order valence-electron chi connectivity index (χ0n) is 21.0. The third-order valence-electron chi connectivity index (χ3n) is 7.58. The molecule has 2 aliphatic heterocycles. The Bertz CT molecular complexity index is 1210. The molecule has 5 rings (SSSR count). The fourth-order valence-electron chi connectivity index (χ4n) is 5.21. The van der Waals surface area contributed by atoms with E-state index in [2.05, 4.69) is 33.8 Å². The van der Waals surface area contributed by atoms with Crippen molar-refractivity contribution in [3.05, 3.63) is 82.4 Å². The molecule has 1 aromatic heterocycles. The van der Waals surface area contributed by atoms with Gasteiger partial charge in [-0.15, -0.1) is 0 Å². The summed E-state index contributed by atoms with van der Waals surface area (Å²) >= 11 is 6.39. The maximum Gasteiger partial charge on any atom is 0.270 e. The Kier molecular flexibility index (Phi) is 7.21. The molecule has 0 unspecified atom stereocenters. The van der Waals surface area contributed by atoms with Crippen molar-refractivity contribution in [1.82, 2.24) is 14.4 Å². The number of benzene rings is 2. The van der Waals surface area contributed by atoms with Crippen LogP contribution in [0.2, 0.25) is 5.02 Å². The minimum Gasteiger partial charge on any atom is -0.368 e. The molecule has 0 bridgehead atoms. The van der Waals surface area contributed by atoms with Crippen LogP contribution in [0.25, 0.3) is 0 Å². The van der Waals surface area contributed by atoms with E-state index in [0.29, 0.717) is 13.1 Å². The summed E-state index contributed by atoms with van der Waals surface area (Å²) in [7, 11) is 1.98. The number of carbonyl (C=O) groups is 1. The molecule has 0 N–H and O–H groups in total. The van der Waals surface area contributed by atoms with Crippen LogP contribution in [-0.4, -0.2) is 72.6 Å². The number of hydrogen-bond acceptors (Lipinski definition) is 4. The zero-order valence-corrected chi connectivity index (χ0v) is 21.7. The van der Waals surface area contributed by atoms with Crippen LogP contribution in [0.15, 0.2) is 54.6 Å². The molecule has 2 saturated heterocycles. The van der Waals surface area contributed by atoms with Gasteiger partial charge in [-0.25, -0.2) is 4.39 Å². The number of amides is 1. The largest absolute Gasteiger partial charge is 0.368 e. The van der Waals surface area contributed by atoms with E-state index >= 15 is 0 Å². The summed E-state index contributed by atoms with van der Waals surface area (Å²) in [6.07, 6.45) is 0. The van der Waals surface area contributed by atoms with E-state index in [1.165, 1.54) is 17.7 Å². The number of carbonyl (C=O) groups excluding carboxylic acids is 1. The first kappa shape index (κ1) is 24.7. The molecule has 3 heterocycles. The lowest BCUT2D eigenvalue weighted by molar-refractivity contribution is 0.0737. The maximum atomic E-state index is 13.4. The summed E-state index contributed by atoms with van der Waals surface area (Å²) in [4.78, 5) is 22.3. The van der Waals surface area contributed by atoms with E-state index < -0.39 is 0 Å². The summed E-state index contributed by atoms with van der Waals surface area (Å²) < 4.78 is 15.3. The smallest absolute Gasteiger partial charge is 0.270 e. The number of hydrogen-bond donors (Lipinski definition) is 0. The van der Waals surface area contributed by atoms with Gasteiger partial charge in [0.25, 0.3) is 5.91 Å². The average Bonchev–Trinajstić information content (AvgIpc) is 3.18. The van der Waals surface area contributed by atoms with E-state index in [9.17, 15) is 9.18 Å². The number of rotatable bonds is 5. The molecular weight excluding hydrogens is 477 g/mol. The second kappa shape index (κ2) is 10.5. The van der Waals surface area contributed by atoms with Crippen LogP contribution in [0.3, 0.4) is 0 Å².